The lowest BCUT2D eigenvalue weighted by molar-refractivity contribution is -0.132. The first-order chi connectivity index (χ1) is 12.3. The molecule has 5 atom stereocenters. The van der Waals surface area contributed by atoms with Crippen LogP contribution in [0.2, 0.25) is 0 Å². The molecule has 0 bridgehead atoms. The first kappa shape index (κ1) is 23.4. The second kappa shape index (κ2) is 12.0. The van der Waals surface area contributed by atoms with Gasteiger partial charge in [-0.05, 0) is 24.7 Å². The van der Waals surface area contributed by atoms with Gasteiger partial charge in [0.1, 0.15) is 5.37 Å². The van der Waals surface area contributed by atoms with E-state index in [4.69, 9.17) is 11.5 Å². The largest absolute Gasteiger partial charge is 0.341 e. The van der Waals surface area contributed by atoms with Crippen LogP contribution in [0.5, 0.6) is 0 Å². The first-order valence-electron chi connectivity index (χ1n) is 10.0. The smallest absolute Gasteiger partial charge is 0.239 e. The molecule has 2 saturated heterocycles. The molecule has 0 saturated carbocycles. The van der Waals surface area contributed by atoms with E-state index >= 15 is 0 Å². The van der Waals surface area contributed by atoms with Crippen LogP contribution < -0.4 is 16.8 Å². The molecule has 5 unspecified atom stereocenters. The maximum Gasteiger partial charge on any atom is 0.239 e. The maximum absolute atomic E-state index is 11.7. The lowest BCUT2D eigenvalue weighted by Crippen LogP contribution is -2.45. The van der Waals surface area contributed by atoms with Gasteiger partial charge in [0.2, 0.25) is 5.91 Å². The monoisotopic (exact) mass is 386 g/mol. The second-order valence-electron chi connectivity index (χ2n) is 7.46. The van der Waals surface area contributed by atoms with E-state index in [1.54, 1.807) is 11.8 Å². The summed E-state index contributed by atoms with van der Waals surface area (Å²) < 4.78 is 0. The molecule has 152 valence electrons. The number of hydrogen-bond acceptors (Lipinski definition) is 6. The predicted molar refractivity (Wildman–Crippen MR) is 110 cm³/mol. The van der Waals surface area contributed by atoms with Gasteiger partial charge in [-0.25, -0.2) is 0 Å². The molecule has 6 nitrogen and oxygen atoms in total. The van der Waals surface area contributed by atoms with Gasteiger partial charge < -0.3 is 16.4 Å². The molecule has 0 aromatic rings. The molecule has 0 aromatic carbocycles. The molecule has 2 heterocycles. The van der Waals surface area contributed by atoms with Crippen LogP contribution in [-0.4, -0.2) is 59.4 Å². The van der Waals surface area contributed by atoms with Crippen molar-refractivity contribution in [1.82, 2.24) is 10.2 Å². The molecule has 7 heteroatoms. The summed E-state index contributed by atoms with van der Waals surface area (Å²) in [6.45, 7) is 10.9. The zero-order chi connectivity index (χ0) is 19.7. The quantitative estimate of drug-likeness (QED) is 0.614. The molecule has 1 amide bonds. The standard InChI is InChI=1S/C10H20N2O.C9H18N2OS/c1-3-8(2)9(11)10(13)12-6-4-5-7-12;1-3-6(2)7(10)8(12)9-11-4-5-13-9/h8-9H,3-7,11H2,1-2H3;6-7,9,11H,3-5,10H2,1-2H3. The van der Waals surface area contributed by atoms with Crippen LogP contribution >= 0.6 is 11.8 Å². The highest BCUT2D eigenvalue weighted by Crippen LogP contribution is 2.18. The Bertz CT molecular complexity index is 397. The summed E-state index contributed by atoms with van der Waals surface area (Å²) in [5, 5.41) is 3.10. The molecular formula is C19H38N4O2S. The maximum atomic E-state index is 11.7. The number of rotatable bonds is 7. The van der Waals surface area contributed by atoms with Gasteiger partial charge in [0, 0.05) is 25.4 Å². The van der Waals surface area contributed by atoms with Crippen LogP contribution in [0.4, 0.5) is 0 Å². The molecule has 2 rings (SSSR count). The number of nitrogens with two attached hydrogens (primary N) is 2. The van der Waals surface area contributed by atoms with Crippen LogP contribution in [0.3, 0.4) is 0 Å². The highest BCUT2D eigenvalue weighted by molar-refractivity contribution is 8.00. The zero-order valence-corrected chi connectivity index (χ0v) is 17.7. The van der Waals surface area contributed by atoms with Crippen molar-refractivity contribution in [2.45, 2.75) is 70.8 Å². The van der Waals surface area contributed by atoms with Gasteiger partial charge >= 0.3 is 0 Å². The molecule has 26 heavy (non-hydrogen) atoms. The average Bonchev–Trinajstić information content (AvgIpc) is 3.38. The normalized spacial score (nSPS) is 24.4. The van der Waals surface area contributed by atoms with E-state index in [1.165, 1.54) is 0 Å². The average molecular weight is 387 g/mol. The number of hydrogen-bond donors (Lipinski definition) is 3. The summed E-state index contributed by atoms with van der Waals surface area (Å²) >= 11 is 1.67. The van der Waals surface area contributed by atoms with Crippen molar-refractivity contribution in [1.29, 1.82) is 0 Å². The topological polar surface area (TPSA) is 101 Å². The van der Waals surface area contributed by atoms with Crippen molar-refractivity contribution in [2.75, 3.05) is 25.4 Å². The Hall–Kier alpha value is -0.630. The van der Waals surface area contributed by atoms with Crippen molar-refractivity contribution < 1.29 is 9.59 Å². The minimum atomic E-state index is -0.298. The van der Waals surface area contributed by atoms with E-state index in [-0.39, 0.29) is 35.1 Å². The summed E-state index contributed by atoms with van der Waals surface area (Å²) in [6, 6.07) is -0.587. The van der Waals surface area contributed by atoms with Crippen molar-refractivity contribution in [2.24, 2.45) is 23.3 Å². The Morgan fingerprint density at radius 3 is 2.08 bits per heavy atom. The van der Waals surface area contributed by atoms with E-state index in [9.17, 15) is 9.59 Å². The molecular weight excluding hydrogens is 348 g/mol. The summed E-state index contributed by atoms with van der Waals surface area (Å²) in [7, 11) is 0. The molecule has 2 fully saturated rings. The van der Waals surface area contributed by atoms with Crippen LogP contribution in [0, 0.1) is 11.8 Å². The fourth-order valence-electron chi connectivity index (χ4n) is 2.96. The summed E-state index contributed by atoms with van der Waals surface area (Å²) in [5.41, 5.74) is 11.7. The van der Waals surface area contributed by atoms with E-state index in [2.05, 4.69) is 19.2 Å². The molecule has 5 N–H and O–H groups in total. The number of likely N-dealkylation sites (tertiary alicyclic amines) is 1. The van der Waals surface area contributed by atoms with Gasteiger partial charge in [0.05, 0.1) is 12.1 Å². The Balaban J connectivity index is 0.000000260. The van der Waals surface area contributed by atoms with E-state index in [0.717, 1.165) is 51.1 Å². The van der Waals surface area contributed by atoms with Crippen LogP contribution in [0.1, 0.15) is 53.4 Å². The lowest BCUT2D eigenvalue weighted by Gasteiger charge is -2.23. The van der Waals surface area contributed by atoms with Crippen LogP contribution in [0.25, 0.3) is 0 Å². The van der Waals surface area contributed by atoms with Gasteiger partial charge in [-0.1, -0.05) is 40.5 Å². The molecule has 0 aromatic heterocycles. The molecule has 0 aliphatic carbocycles. The number of nitrogens with one attached hydrogen (secondary N) is 1. The molecule has 2 aliphatic heterocycles. The fraction of sp³-hybridized carbons (Fsp3) is 0.895. The summed E-state index contributed by atoms with van der Waals surface area (Å²) in [5.74, 6) is 1.91. The van der Waals surface area contributed by atoms with Gasteiger partial charge in [-0.15, -0.1) is 11.8 Å². The third-order valence-corrected chi connectivity index (χ3v) is 6.69. The predicted octanol–water partition coefficient (Wildman–Crippen LogP) is 1.57. The number of nitrogens with zero attached hydrogens (tertiary/aromatic N) is 1. The Labute approximate surface area is 163 Å². The highest BCUT2D eigenvalue weighted by atomic mass is 32.2. The van der Waals surface area contributed by atoms with E-state index < -0.39 is 0 Å². The van der Waals surface area contributed by atoms with E-state index in [1.807, 2.05) is 18.7 Å². The SMILES string of the molecule is CCC(C)C(N)C(=O)C1NCCS1.CCC(C)C(N)C(=O)N1CCCC1. The summed E-state index contributed by atoms with van der Waals surface area (Å²) in [4.78, 5) is 25.4. The third-order valence-electron chi connectivity index (χ3n) is 5.52. The van der Waals surface area contributed by atoms with Gasteiger partial charge in [0.25, 0.3) is 0 Å². The third kappa shape index (κ3) is 6.83. The molecule has 2 aliphatic rings. The summed E-state index contributed by atoms with van der Waals surface area (Å²) in [6.07, 6.45) is 4.21. The van der Waals surface area contributed by atoms with Crippen molar-refractivity contribution in [3.63, 3.8) is 0 Å². The number of ketones is 1. The van der Waals surface area contributed by atoms with Crippen LogP contribution in [-0.2, 0) is 9.59 Å². The minimum Gasteiger partial charge on any atom is -0.341 e. The first-order valence-corrected chi connectivity index (χ1v) is 11.1. The van der Waals surface area contributed by atoms with Crippen LogP contribution in [0.15, 0.2) is 0 Å². The number of carbonyl (C=O) groups excluding carboxylic acids is 2. The highest BCUT2D eigenvalue weighted by Gasteiger charge is 2.29. The molecule has 0 radical (unpaired) electrons. The van der Waals surface area contributed by atoms with E-state index in [0.29, 0.717) is 5.92 Å². The fourth-order valence-corrected chi connectivity index (χ4v) is 3.99. The van der Waals surface area contributed by atoms with Gasteiger partial charge in [0.15, 0.2) is 5.78 Å². The van der Waals surface area contributed by atoms with Gasteiger partial charge in [-0.2, -0.15) is 0 Å². The second-order valence-corrected chi connectivity index (χ2v) is 8.68. The lowest BCUT2D eigenvalue weighted by atomic mass is 9.96. The molecule has 0 spiro atoms. The van der Waals surface area contributed by atoms with Crippen molar-refractivity contribution >= 4 is 23.5 Å². The Kier molecular flexibility index (Phi) is 10.8. The van der Waals surface area contributed by atoms with Gasteiger partial charge in [-0.3, -0.25) is 14.9 Å². The van der Waals surface area contributed by atoms with Crippen molar-refractivity contribution in [3.8, 4) is 0 Å². The number of Topliss-reactive ketones (excluding diaryl/α,β-unsaturated/α-hetero) is 1. The zero-order valence-electron chi connectivity index (χ0n) is 16.9. The number of amides is 1. The number of carbonyl (C=O) groups is 2. The number of thioether (sulfide) groups is 1. The Morgan fingerprint density at radius 1 is 1.08 bits per heavy atom. The minimum absolute atomic E-state index is 0.0519. The Morgan fingerprint density at radius 2 is 1.62 bits per heavy atom. The van der Waals surface area contributed by atoms with Crippen molar-refractivity contribution in [3.05, 3.63) is 0 Å².